The summed E-state index contributed by atoms with van der Waals surface area (Å²) in [5.41, 5.74) is 6.04. The van der Waals surface area contributed by atoms with Crippen molar-refractivity contribution in [2.75, 3.05) is 31.6 Å². The van der Waals surface area contributed by atoms with Gasteiger partial charge in [0, 0.05) is 38.2 Å². The van der Waals surface area contributed by atoms with Crippen LogP contribution in [-0.2, 0) is 9.59 Å². The second-order valence-electron chi connectivity index (χ2n) is 4.78. The first-order valence-corrected chi connectivity index (χ1v) is 7.61. The summed E-state index contributed by atoms with van der Waals surface area (Å²) >= 11 is 0. The number of nitrogens with one attached hydrogen (secondary N) is 1. The van der Waals surface area contributed by atoms with Crippen molar-refractivity contribution >= 4 is 29.9 Å². The quantitative estimate of drug-likeness (QED) is 0.718. The minimum absolute atomic E-state index is 0. The van der Waals surface area contributed by atoms with Gasteiger partial charge in [-0.15, -0.1) is 12.4 Å². The van der Waals surface area contributed by atoms with Gasteiger partial charge in [-0.05, 0) is 38.1 Å². The van der Waals surface area contributed by atoms with E-state index in [4.69, 9.17) is 10.5 Å². The van der Waals surface area contributed by atoms with Crippen LogP contribution in [0, 0.1) is 0 Å². The van der Waals surface area contributed by atoms with Gasteiger partial charge in [0.05, 0.1) is 0 Å². The van der Waals surface area contributed by atoms with Gasteiger partial charge in [0.1, 0.15) is 12.4 Å². The Morgan fingerprint density at radius 1 is 1.13 bits per heavy atom. The zero-order valence-corrected chi connectivity index (χ0v) is 14.5. The largest absolute Gasteiger partial charge is 0.492 e. The zero-order chi connectivity index (χ0) is 16.4. The standard InChI is InChI=1S/C16H25N3O3.ClH/c1-3-19(4-2)16(21)10-9-15(20)18-13-5-7-14(8-6-13)22-12-11-17;/h5-8H,3-4,9-12,17H2,1-2H3,(H,18,20);1H. The van der Waals surface area contributed by atoms with Crippen molar-refractivity contribution in [3.05, 3.63) is 24.3 Å². The fraction of sp³-hybridized carbons (Fsp3) is 0.500. The molecule has 0 bridgehead atoms. The fourth-order valence-corrected chi connectivity index (χ4v) is 1.99. The van der Waals surface area contributed by atoms with Crippen molar-refractivity contribution in [1.82, 2.24) is 4.90 Å². The smallest absolute Gasteiger partial charge is 0.224 e. The first-order valence-electron chi connectivity index (χ1n) is 7.61. The highest BCUT2D eigenvalue weighted by atomic mass is 35.5. The summed E-state index contributed by atoms with van der Waals surface area (Å²) in [6.07, 6.45) is 0.409. The number of carbonyl (C=O) groups excluding carboxylic acids is 2. The molecule has 0 fully saturated rings. The van der Waals surface area contributed by atoms with E-state index in [1.165, 1.54) is 0 Å². The molecular formula is C16H26ClN3O3. The Morgan fingerprint density at radius 3 is 2.26 bits per heavy atom. The molecule has 130 valence electrons. The van der Waals surface area contributed by atoms with Crippen molar-refractivity contribution in [3.8, 4) is 5.75 Å². The number of hydrogen-bond acceptors (Lipinski definition) is 4. The van der Waals surface area contributed by atoms with Crippen LogP contribution in [0.4, 0.5) is 5.69 Å². The SMILES string of the molecule is CCN(CC)C(=O)CCC(=O)Nc1ccc(OCCN)cc1.Cl. The zero-order valence-electron chi connectivity index (χ0n) is 13.7. The molecule has 7 heteroatoms. The van der Waals surface area contributed by atoms with E-state index in [0.29, 0.717) is 37.7 Å². The molecule has 0 aliphatic rings. The number of carbonyl (C=O) groups is 2. The summed E-state index contributed by atoms with van der Waals surface area (Å²) < 4.78 is 5.36. The maximum absolute atomic E-state index is 11.8. The van der Waals surface area contributed by atoms with Gasteiger partial charge in [-0.2, -0.15) is 0 Å². The van der Waals surface area contributed by atoms with Crippen molar-refractivity contribution in [1.29, 1.82) is 0 Å². The summed E-state index contributed by atoms with van der Waals surface area (Å²) in [6, 6.07) is 7.06. The molecule has 0 aromatic heterocycles. The highest BCUT2D eigenvalue weighted by Gasteiger charge is 2.12. The molecule has 2 amide bonds. The molecule has 0 radical (unpaired) electrons. The first kappa shape index (κ1) is 21.2. The van der Waals surface area contributed by atoms with Crippen LogP contribution in [0.5, 0.6) is 5.75 Å². The van der Waals surface area contributed by atoms with E-state index in [2.05, 4.69) is 5.32 Å². The molecule has 3 N–H and O–H groups in total. The van der Waals surface area contributed by atoms with E-state index in [1.807, 2.05) is 13.8 Å². The van der Waals surface area contributed by atoms with Crippen LogP contribution >= 0.6 is 12.4 Å². The highest BCUT2D eigenvalue weighted by molar-refractivity contribution is 5.93. The van der Waals surface area contributed by atoms with Crippen LogP contribution in [0.2, 0.25) is 0 Å². The van der Waals surface area contributed by atoms with E-state index in [0.717, 1.165) is 0 Å². The lowest BCUT2D eigenvalue weighted by atomic mass is 10.2. The van der Waals surface area contributed by atoms with E-state index >= 15 is 0 Å². The normalized spacial score (nSPS) is 9.70. The van der Waals surface area contributed by atoms with Crippen LogP contribution < -0.4 is 15.8 Å². The molecule has 0 atom stereocenters. The van der Waals surface area contributed by atoms with Crippen LogP contribution in [0.25, 0.3) is 0 Å². The number of ether oxygens (including phenoxy) is 1. The van der Waals surface area contributed by atoms with Gasteiger partial charge in [-0.1, -0.05) is 0 Å². The van der Waals surface area contributed by atoms with E-state index in [-0.39, 0.29) is 37.1 Å². The second kappa shape index (κ2) is 11.7. The molecule has 1 aromatic rings. The number of anilines is 1. The van der Waals surface area contributed by atoms with Crippen LogP contribution in [0.3, 0.4) is 0 Å². The predicted octanol–water partition coefficient (Wildman–Crippen LogP) is 2.03. The first-order chi connectivity index (χ1) is 10.6. The average Bonchev–Trinajstić information content (AvgIpc) is 2.53. The van der Waals surface area contributed by atoms with E-state index in [9.17, 15) is 9.59 Å². The number of rotatable bonds is 9. The van der Waals surface area contributed by atoms with E-state index in [1.54, 1.807) is 29.2 Å². The Kier molecular flexibility index (Phi) is 10.8. The molecule has 0 heterocycles. The number of hydrogen-bond donors (Lipinski definition) is 2. The molecule has 23 heavy (non-hydrogen) atoms. The third-order valence-electron chi connectivity index (χ3n) is 3.21. The van der Waals surface area contributed by atoms with Gasteiger partial charge in [0.2, 0.25) is 11.8 Å². The molecule has 0 unspecified atom stereocenters. The highest BCUT2D eigenvalue weighted by Crippen LogP contribution is 2.15. The van der Waals surface area contributed by atoms with Crippen molar-refractivity contribution in [3.63, 3.8) is 0 Å². The number of halogens is 1. The maximum atomic E-state index is 11.8. The third-order valence-corrected chi connectivity index (χ3v) is 3.21. The minimum atomic E-state index is -0.170. The molecule has 0 saturated heterocycles. The number of nitrogens with two attached hydrogens (primary N) is 1. The lowest BCUT2D eigenvalue weighted by Gasteiger charge is -2.18. The molecule has 1 rings (SSSR count). The lowest BCUT2D eigenvalue weighted by molar-refractivity contribution is -0.132. The second-order valence-corrected chi connectivity index (χ2v) is 4.78. The predicted molar refractivity (Wildman–Crippen MR) is 94.0 cm³/mol. The van der Waals surface area contributed by atoms with Gasteiger partial charge < -0.3 is 20.7 Å². The number of benzene rings is 1. The van der Waals surface area contributed by atoms with E-state index < -0.39 is 0 Å². The summed E-state index contributed by atoms with van der Waals surface area (Å²) in [7, 11) is 0. The van der Waals surface area contributed by atoms with Crippen molar-refractivity contribution in [2.24, 2.45) is 5.73 Å². The average molecular weight is 344 g/mol. The van der Waals surface area contributed by atoms with Gasteiger partial charge in [-0.25, -0.2) is 0 Å². The summed E-state index contributed by atoms with van der Waals surface area (Å²) in [4.78, 5) is 25.4. The summed E-state index contributed by atoms with van der Waals surface area (Å²) in [5, 5.41) is 2.77. The molecule has 0 aliphatic heterocycles. The number of nitrogens with zero attached hydrogens (tertiary/aromatic N) is 1. The van der Waals surface area contributed by atoms with Crippen LogP contribution in [0.1, 0.15) is 26.7 Å². The third kappa shape index (κ3) is 7.85. The molecule has 0 spiro atoms. The van der Waals surface area contributed by atoms with Gasteiger partial charge in [0.15, 0.2) is 0 Å². The Morgan fingerprint density at radius 2 is 1.74 bits per heavy atom. The molecular weight excluding hydrogens is 318 g/mol. The monoisotopic (exact) mass is 343 g/mol. The Bertz CT molecular complexity index is 476. The summed E-state index contributed by atoms with van der Waals surface area (Å²) in [6.45, 7) is 6.10. The van der Waals surface area contributed by atoms with Gasteiger partial charge in [-0.3, -0.25) is 9.59 Å². The Hall–Kier alpha value is -1.79. The minimum Gasteiger partial charge on any atom is -0.492 e. The molecule has 0 aliphatic carbocycles. The number of amides is 2. The topological polar surface area (TPSA) is 84.7 Å². The van der Waals surface area contributed by atoms with Gasteiger partial charge >= 0.3 is 0 Å². The van der Waals surface area contributed by atoms with Gasteiger partial charge in [0.25, 0.3) is 0 Å². The summed E-state index contributed by atoms with van der Waals surface area (Å²) in [5.74, 6) is 0.543. The lowest BCUT2D eigenvalue weighted by Crippen LogP contribution is -2.31. The van der Waals surface area contributed by atoms with Crippen LogP contribution in [-0.4, -0.2) is 43.0 Å². The maximum Gasteiger partial charge on any atom is 0.224 e. The fourth-order valence-electron chi connectivity index (χ4n) is 1.99. The van der Waals surface area contributed by atoms with Crippen molar-refractivity contribution < 1.29 is 14.3 Å². The van der Waals surface area contributed by atoms with Crippen LogP contribution in [0.15, 0.2) is 24.3 Å². The van der Waals surface area contributed by atoms with Crippen molar-refractivity contribution in [2.45, 2.75) is 26.7 Å². The Labute approximate surface area is 143 Å². The molecule has 1 aromatic carbocycles. The molecule has 6 nitrogen and oxygen atoms in total. The Balaban J connectivity index is 0.00000484. The molecule has 0 saturated carbocycles.